The van der Waals surface area contributed by atoms with Gasteiger partial charge in [-0.25, -0.2) is 23.8 Å². The Bertz CT molecular complexity index is 1320. The lowest BCUT2D eigenvalue weighted by Crippen LogP contribution is -2.27. The van der Waals surface area contributed by atoms with Gasteiger partial charge in [0.25, 0.3) is 0 Å². The summed E-state index contributed by atoms with van der Waals surface area (Å²) >= 11 is 0. The van der Waals surface area contributed by atoms with Crippen molar-refractivity contribution in [2.75, 3.05) is 12.4 Å². The number of aromatic nitrogens is 4. The molecular weight excluding hydrogens is 487 g/mol. The van der Waals surface area contributed by atoms with E-state index < -0.39 is 22.4 Å². The predicted octanol–water partition coefficient (Wildman–Crippen LogP) is 4.79. The molecule has 1 aromatic carbocycles. The third-order valence-electron chi connectivity index (χ3n) is 5.19. The fraction of sp³-hybridized carbons (Fsp3) is 0.417. The summed E-state index contributed by atoms with van der Waals surface area (Å²) in [5, 5.41) is 18.6. The van der Waals surface area contributed by atoms with Crippen molar-refractivity contribution < 1.29 is 28.3 Å². The minimum Gasteiger partial charge on any atom is -0.490 e. The Morgan fingerprint density at radius 3 is 2.65 bits per heavy atom. The van der Waals surface area contributed by atoms with Crippen LogP contribution in [-0.2, 0) is 22.7 Å². The van der Waals surface area contributed by atoms with Crippen LogP contribution >= 0.6 is 0 Å². The molecule has 1 aliphatic rings. The summed E-state index contributed by atoms with van der Waals surface area (Å²) < 4.78 is 32.0. The van der Waals surface area contributed by atoms with E-state index in [4.69, 9.17) is 14.2 Å². The molecule has 2 heterocycles. The molecule has 0 bridgehead atoms. The zero-order valence-electron chi connectivity index (χ0n) is 20.9. The summed E-state index contributed by atoms with van der Waals surface area (Å²) in [7, 11) is 1.35. The molecule has 4 rings (SSSR count). The van der Waals surface area contributed by atoms with E-state index >= 15 is 0 Å². The third-order valence-corrected chi connectivity index (χ3v) is 5.19. The van der Waals surface area contributed by atoms with Crippen molar-refractivity contribution >= 4 is 17.6 Å². The Kier molecular flexibility index (Phi) is 7.34. The molecule has 0 spiro atoms. The number of ether oxygens (including phenoxy) is 3. The molecule has 1 fully saturated rings. The number of rotatable bonds is 9. The van der Waals surface area contributed by atoms with Crippen LogP contribution in [0.3, 0.4) is 0 Å². The normalized spacial score (nSPS) is 13.3. The quantitative estimate of drug-likeness (QED) is 0.315. The molecule has 0 saturated heterocycles. The largest absolute Gasteiger partial charge is 0.490 e. The number of pyridine rings is 1. The fourth-order valence-corrected chi connectivity index (χ4v) is 3.55. The number of halogens is 1. The van der Waals surface area contributed by atoms with Crippen molar-refractivity contribution in [3.8, 4) is 17.1 Å². The Labute approximate surface area is 211 Å². The van der Waals surface area contributed by atoms with Gasteiger partial charge in [0.2, 0.25) is 5.75 Å². The van der Waals surface area contributed by atoms with Gasteiger partial charge in [-0.05, 0) is 51.3 Å². The summed E-state index contributed by atoms with van der Waals surface area (Å²) in [4.78, 5) is 31.6. The van der Waals surface area contributed by atoms with Crippen LogP contribution in [0, 0.1) is 15.9 Å². The van der Waals surface area contributed by atoms with Gasteiger partial charge < -0.3 is 14.2 Å². The SMILES string of the molecule is COc1c(-c2ncn(C3CC3)n2)cc(COCc2cc(F)cc(NC(=O)OC(C)(C)C)n2)cc1[N+](=O)[O-]. The van der Waals surface area contributed by atoms with Crippen LogP contribution in [0.25, 0.3) is 11.4 Å². The van der Waals surface area contributed by atoms with Crippen molar-refractivity contribution in [2.24, 2.45) is 0 Å². The lowest BCUT2D eigenvalue weighted by molar-refractivity contribution is -0.385. The number of nitrogens with zero attached hydrogens (tertiary/aromatic N) is 5. The van der Waals surface area contributed by atoms with Crippen molar-refractivity contribution in [2.45, 2.75) is 58.5 Å². The number of hydrogen-bond acceptors (Lipinski definition) is 9. The molecular formula is C24H27FN6O6. The molecule has 0 atom stereocenters. The molecule has 0 aliphatic heterocycles. The van der Waals surface area contributed by atoms with Crippen LogP contribution in [0.4, 0.5) is 20.7 Å². The molecule has 196 valence electrons. The first-order valence-electron chi connectivity index (χ1n) is 11.5. The van der Waals surface area contributed by atoms with Gasteiger partial charge in [-0.3, -0.25) is 15.4 Å². The van der Waals surface area contributed by atoms with Gasteiger partial charge in [0.05, 0.1) is 42.5 Å². The second-order valence-electron chi connectivity index (χ2n) is 9.51. The molecule has 0 radical (unpaired) electrons. The van der Waals surface area contributed by atoms with Crippen molar-refractivity contribution in [3.05, 3.63) is 57.8 Å². The third kappa shape index (κ3) is 6.76. The van der Waals surface area contributed by atoms with Crippen LogP contribution in [-0.4, -0.2) is 43.5 Å². The van der Waals surface area contributed by atoms with Gasteiger partial charge in [0.15, 0.2) is 5.82 Å². The average Bonchev–Trinajstić information content (AvgIpc) is 3.53. The zero-order chi connectivity index (χ0) is 26.7. The molecule has 1 aliphatic carbocycles. The Morgan fingerprint density at radius 2 is 2.00 bits per heavy atom. The summed E-state index contributed by atoms with van der Waals surface area (Å²) in [6.07, 6.45) is 2.85. The number of hydrogen-bond donors (Lipinski definition) is 1. The molecule has 12 nitrogen and oxygen atoms in total. The standard InChI is InChI=1S/C24H27FN6O6/c1-24(2,3)37-23(32)28-20-10-15(25)9-16(27-20)12-36-11-14-7-18(21(35-4)19(8-14)31(33)34)22-26-13-30(29-22)17-5-6-17/h7-10,13,17H,5-6,11-12H2,1-4H3,(H,27,28,32). The number of nitro benzene ring substituents is 1. The van der Waals surface area contributed by atoms with Crippen molar-refractivity contribution in [1.82, 2.24) is 19.7 Å². The zero-order valence-corrected chi connectivity index (χ0v) is 20.9. The number of nitro groups is 1. The highest BCUT2D eigenvalue weighted by Gasteiger charge is 2.28. The summed E-state index contributed by atoms with van der Waals surface area (Å²) in [5.41, 5.74) is 0.0544. The molecule has 0 unspecified atom stereocenters. The fourth-order valence-electron chi connectivity index (χ4n) is 3.55. The number of methoxy groups -OCH3 is 1. The molecule has 2 aromatic heterocycles. The lowest BCUT2D eigenvalue weighted by Gasteiger charge is -2.19. The number of benzene rings is 1. The lowest BCUT2D eigenvalue weighted by atomic mass is 10.1. The summed E-state index contributed by atoms with van der Waals surface area (Å²) in [6.45, 7) is 4.94. The maximum Gasteiger partial charge on any atom is 0.413 e. The molecule has 1 N–H and O–H groups in total. The van der Waals surface area contributed by atoms with E-state index in [0.29, 0.717) is 23.0 Å². The van der Waals surface area contributed by atoms with Crippen LogP contribution in [0.2, 0.25) is 0 Å². The second-order valence-corrected chi connectivity index (χ2v) is 9.51. The molecule has 1 amide bonds. The maximum absolute atomic E-state index is 14.1. The smallest absolute Gasteiger partial charge is 0.413 e. The Morgan fingerprint density at radius 1 is 1.24 bits per heavy atom. The van der Waals surface area contributed by atoms with Gasteiger partial charge in [-0.1, -0.05) is 0 Å². The number of amides is 1. The summed E-state index contributed by atoms with van der Waals surface area (Å²) in [5.74, 6) is -0.308. The number of anilines is 1. The van der Waals surface area contributed by atoms with Crippen LogP contribution in [0.5, 0.6) is 5.75 Å². The highest BCUT2D eigenvalue weighted by molar-refractivity contribution is 5.83. The van der Waals surface area contributed by atoms with E-state index in [1.165, 1.54) is 13.2 Å². The Hall–Kier alpha value is -4.13. The number of carbonyl (C=O) groups excluding carboxylic acids is 1. The van der Waals surface area contributed by atoms with Crippen LogP contribution in [0.1, 0.15) is 50.9 Å². The van der Waals surface area contributed by atoms with E-state index in [9.17, 15) is 19.3 Å². The van der Waals surface area contributed by atoms with Gasteiger partial charge >= 0.3 is 11.8 Å². The minimum absolute atomic E-state index is 0.0347. The van der Waals surface area contributed by atoms with Crippen LogP contribution in [0.15, 0.2) is 30.6 Å². The van der Waals surface area contributed by atoms with Gasteiger partial charge in [0.1, 0.15) is 23.6 Å². The van der Waals surface area contributed by atoms with E-state index in [1.54, 1.807) is 37.8 Å². The average molecular weight is 515 g/mol. The highest BCUT2D eigenvalue weighted by Crippen LogP contribution is 2.39. The minimum atomic E-state index is -0.770. The van der Waals surface area contributed by atoms with E-state index in [2.05, 4.69) is 20.4 Å². The first-order valence-corrected chi connectivity index (χ1v) is 11.5. The van der Waals surface area contributed by atoms with Gasteiger partial charge in [0, 0.05) is 12.1 Å². The topological polar surface area (TPSA) is 144 Å². The predicted molar refractivity (Wildman–Crippen MR) is 129 cm³/mol. The molecule has 37 heavy (non-hydrogen) atoms. The van der Waals surface area contributed by atoms with E-state index in [0.717, 1.165) is 25.0 Å². The maximum atomic E-state index is 14.1. The molecule has 13 heteroatoms. The van der Waals surface area contributed by atoms with E-state index in [1.807, 2.05) is 0 Å². The second kappa shape index (κ2) is 10.5. The van der Waals surface area contributed by atoms with Crippen molar-refractivity contribution in [3.63, 3.8) is 0 Å². The van der Waals surface area contributed by atoms with E-state index in [-0.39, 0.29) is 36.2 Å². The summed E-state index contributed by atoms with van der Waals surface area (Å²) in [6, 6.07) is 5.51. The first kappa shape index (κ1) is 25.9. The van der Waals surface area contributed by atoms with Crippen LogP contribution < -0.4 is 10.1 Å². The highest BCUT2D eigenvalue weighted by atomic mass is 19.1. The Balaban J connectivity index is 1.50. The number of nitrogens with one attached hydrogen (secondary N) is 1. The monoisotopic (exact) mass is 514 g/mol. The molecule has 3 aromatic rings. The van der Waals surface area contributed by atoms with Crippen molar-refractivity contribution in [1.29, 1.82) is 0 Å². The van der Waals surface area contributed by atoms with Gasteiger partial charge in [-0.15, -0.1) is 0 Å². The van der Waals surface area contributed by atoms with Gasteiger partial charge in [-0.2, -0.15) is 5.10 Å². The first-order chi connectivity index (χ1) is 17.5. The number of carbonyl (C=O) groups is 1. The molecule has 1 saturated carbocycles.